The number of hydrogen-bond acceptors (Lipinski definition) is 3. The molecule has 1 aromatic rings. The van der Waals surface area contributed by atoms with Crippen molar-refractivity contribution in [3.63, 3.8) is 0 Å². The van der Waals surface area contributed by atoms with Crippen LogP contribution in [0.25, 0.3) is 0 Å². The Balaban J connectivity index is 1.97. The minimum Gasteiger partial charge on any atom is -0.291 e. The summed E-state index contributed by atoms with van der Waals surface area (Å²) < 4.78 is 0. The summed E-state index contributed by atoms with van der Waals surface area (Å²) in [5.74, 6) is 0. The monoisotopic (exact) mass is 182 g/mol. The Kier molecular flexibility index (Phi) is 1.93. The van der Waals surface area contributed by atoms with E-state index in [9.17, 15) is 0 Å². The Morgan fingerprint density at radius 2 is 2.50 bits per heavy atom. The molecule has 0 saturated carbocycles. The van der Waals surface area contributed by atoms with Gasteiger partial charge in [0.25, 0.3) is 0 Å². The van der Waals surface area contributed by atoms with Crippen molar-refractivity contribution in [3.05, 3.63) is 16.6 Å². The molecular formula is C9H14N2S. The Bertz CT molecular complexity index is 254. The topological polar surface area (TPSA) is 16.1 Å². The molecule has 0 aromatic carbocycles. The van der Waals surface area contributed by atoms with Gasteiger partial charge >= 0.3 is 0 Å². The highest BCUT2D eigenvalue weighted by Crippen LogP contribution is 2.31. The molecule has 0 bridgehead atoms. The van der Waals surface area contributed by atoms with Crippen molar-refractivity contribution in [2.45, 2.75) is 32.4 Å². The van der Waals surface area contributed by atoms with Crippen molar-refractivity contribution in [2.24, 2.45) is 0 Å². The van der Waals surface area contributed by atoms with Gasteiger partial charge in [-0.05, 0) is 20.3 Å². The third kappa shape index (κ3) is 1.39. The zero-order chi connectivity index (χ0) is 8.60. The van der Waals surface area contributed by atoms with E-state index in [1.807, 2.05) is 11.6 Å². The van der Waals surface area contributed by atoms with Crippen LogP contribution in [0.4, 0.5) is 0 Å². The molecule has 0 amide bonds. The molecule has 1 aromatic heterocycles. The lowest BCUT2D eigenvalue weighted by Crippen LogP contribution is -2.54. The van der Waals surface area contributed by atoms with Crippen LogP contribution in [0, 0.1) is 0 Å². The number of hydrogen-bond donors (Lipinski definition) is 0. The van der Waals surface area contributed by atoms with E-state index in [1.165, 1.54) is 18.0 Å². The second-order valence-electron chi connectivity index (χ2n) is 3.91. The van der Waals surface area contributed by atoms with Crippen molar-refractivity contribution in [1.82, 2.24) is 9.88 Å². The van der Waals surface area contributed by atoms with E-state index < -0.39 is 0 Å². The first-order valence-electron chi connectivity index (χ1n) is 4.32. The van der Waals surface area contributed by atoms with Gasteiger partial charge in [0.05, 0.1) is 6.54 Å². The van der Waals surface area contributed by atoms with Gasteiger partial charge in [-0.2, -0.15) is 0 Å². The molecule has 0 unspecified atom stereocenters. The third-order valence-corrected chi connectivity index (χ3v) is 3.42. The molecule has 3 heteroatoms. The van der Waals surface area contributed by atoms with E-state index in [-0.39, 0.29) is 0 Å². The van der Waals surface area contributed by atoms with E-state index in [4.69, 9.17) is 0 Å². The summed E-state index contributed by atoms with van der Waals surface area (Å²) in [4.78, 5) is 6.76. The average molecular weight is 182 g/mol. The number of rotatable bonds is 2. The summed E-state index contributed by atoms with van der Waals surface area (Å²) in [5.41, 5.74) is 0.408. The van der Waals surface area contributed by atoms with Crippen molar-refractivity contribution in [2.75, 3.05) is 6.54 Å². The molecule has 66 valence electrons. The quantitative estimate of drug-likeness (QED) is 0.696. The summed E-state index contributed by atoms with van der Waals surface area (Å²) >= 11 is 1.75. The predicted molar refractivity (Wildman–Crippen MR) is 51.2 cm³/mol. The maximum atomic E-state index is 4.28. The Morgan fingerprint density at radius 1 is 1.67 bits per heavy atom. The van der Waals surface area contributed by atoms with E-state index in [1.54, 1.807) is 11.3 Å². The average Bonchev–Trinajstić information content (AvgIpc) is 2.50. The smallest absolute Gasteiger partial charge is 0.107 e. The van der Waals surface area contributed by atoms with E-state index in [0.717, 1.165) is 6.54 Å². The Morgan fingerprint density at radius 3 is 2.92 bits per heavy atom. The molecule has 2 nitrogen and oxygen atoms in total. The zero-order valence-corrected chi connectivity index (χ0v) is 8.40. The number of nitrogens with zero attached hydrogens (tertiary/aromatic N) is 2. The molecule has 1 aliphatic heterocycles. The molecule has 0 aliphatic carbocycles. The fraction of sp³-hybridized carbons (Fsp3) is 0.667. The van der Waals surface area contributed by atoms with Crippen molar-refractivity contribution < 1.29 is 0 Å². The van der Waals surface area contributed by atoms with Gasteiger partial charge < -0.3 is 0 Å². The first-order chi connectivity index (χ1) is 5.68. The lowest BCUT2D eigenvalue weighted by Gasteiger charge is -2.48. The van der Waals surface area contributed by atoms with Crippen LogP contribution in [0.15, 0.2) is 11.6 Å². The summed E-state index contributed by atoms with van der Waals surface area (Å²) in [6.07, 6.45) is 3.20. The molecule has 2 rings (SSSR count). The van der Waals surface area contributed by atoms with E-state index in [0.29, 0.717) is 5.54 Å². The normalized spacial score (nSPS) is 22.2. The summed E-state index contributed by atoms with van der Waals surface area (Å²) in [5, 5.41) is 3.28. The summed E-state index contributed by atoms with van der Waals surface area (Å²) in [7, 11) is 0. The highest BCUT2D eigenvalue weighted by molar-refractivity contribution is 7.09. The molecule has 1 fully saturated rings. The van der Waals surface area contributed by atoms with Crippen molar-refractivity contribution in [3.8, 4) is 0 Å². The van der Waals surface area contributed by atoms with Gasteiger partial charge in [-0.3, -0.25) is 4.90 Å². The molecule has 1 aliphatic rings. The second-order valence-corrected chi connectivity index (χ2v) is 4.89. The Labute approximate surface area is 77.2 Å². The second kappa shape index (κ2) is 2.82. The largest absolute Gasteiger partial charge is 0.291 e. The van der Waals surface area contributed by atoms with Gasteiger partial charge in [0, 0.05) is 23.7 Å². The number of likely N-dealkylation sites (tertiary alicyclic amines) is 1. The van der Waals surface area contributed by atoms with Gasteiger partial charge in [0.2, 0.25) is 0 Å². The zero-order valence-electron chi connectivity index (χ0n) is 7.58. The van der Waals surface area contributed by atoms with Crippen LogP contribution in [0.2, 0.25) is 0 Å². The molecule has 0 atom stereocenters. The van der Waals surface area contributed by atoms with Crippen LogP contribution in [0.1, 0.15) is 25.3 Å². The molecule has 0 N–H and O–H groups in total. The van der Waals surface area contributed by atoms with Crippen LogP contribution in [-0.4, -0.2) is 22.0 Å². The third-order valence-electron chi connectivity index (χ3n) is 2.66. The predicted octanol–water partition coefficient (Wildman–Crippen LogP) is 2.13. The molecule has 0 spiro atoms. The first-order valence-corrected chi connectivity index (χ1v) is 5.20. The maximum Gasteiger partial charge on any atom is 0.107 e. The van der Waals surface area contributed by atoms with E-state index in [2.05, 4.69) is 23.7 Å². The molecular weight excluding hydrogens is 168 g/mol. The Hall–Kier alpha value is -0.410. The van der Waals surface area contributed by atoms with Crippen LogP contribution in [0.3, 0.4) is 0 Å². The highest BCUT2D eigenvalue weighted by Gasteiger charge is 2.35. The lowest BCUT2D eigenvalue weighted by molar-refractivity contribution is 0.00789. The molecule has 1 saturated heterocycles. The van der Waals surface area contributed by atoms with Crippen molar-refractivity contribution >= 4 is 11.3 Å². The summed E-state index contributed by atoms with van der Waals surface area (Å²) in [6, 6.07) is 0. The van der Waals surface area contributed by atoms with E-state index >= 15 is 0 Å². The fourth-order valence-electron chi connectivity index (χ4n) is 1.50. The molecule has 12 heavy (non-hydrogen) atoms. The SMILES string of the molecule is CC1(C)CCN1Cc1nccs1. The first kappa shape index (κ1) is 8.20. The van der Waals surface area contributed by atoms with Crippen molar-refractivity contribution in [1.29, 1.82) is 0 Å². The molecule has 0 radical (unpaired) electrons. The van der Waals surface area contributed by atoms with Crippen LogP contribution < -0.4 is 0 Å². The maximum absolute atomic E-state index is 4.28. The minimum atomic E-state index is 0.408. The number of thiazole rings is 1. The van der Waals surface area contributed by atoms with Gasteiger partial charge in [0.15, 0.2) is 0 Å². The van der Waals surface area contributed by atoms with Crippen LogP contribution >= 0.6 is 11.3 Å². The van der Waals surface area contributed by atoms with Gasteiger partial charge in [-0.1, -0.05) is 0 Å². The van der Waals surface area contributed by atoms with Crippen LogP contribution in [0.5, 0.6) is 0 Å². The lowest BCUT2D eigenvalue weighted by atomic mass is 9.89. The molecule has 2 heterocycles. The van der Waals surface area contributed by atoms with Gasteiger partial charge in [-0.25, -0.2) is 4.98 Å². The van der Waals surface area contributed by atoms with Gasteiger partial charge in [0.1, 0.15) is 5.01 Å². The fourth-order valence-corrected chi connectivity index (χ4v) is 2.14. The number of aromatic nitrogens is 1. The van der Waals surface area contributed by atoms with Crippen LogP contribution in [-0.2, 0) is 6.54 Å². The van der Waals surface area contributed by atoms with Gasteiger partial charge in [-0.15, -0.1) is 11.3 Å². The standard InChI is InChI=1S/C9H14N2S/c1-9(2)3-5-11(9)7-8-10-4-6-12-8/h4,6H,3,5,7H2,1-2H3. The minimum absolute atomic E-state index is 0.408. The summed E-state index contributed by atoms with van der Waals surface area (Å²) in [6.45, 7) is 6.85. The highest BCUT2D eigenvalue weighted by atomic mass is 32.1.